The highest BCUT2D eigenvalue weighted by molar-refractivity contribution is 5.95. The highest BCUT2D eigenvalue weighted by atomic mass is 19.4. The number of alkyl halides is 3. The molecule has 5 N–H and O–H groups in total. The van der Waals surface area contributed by atoms with Crippen molar-refractivity contribution in [1.82, 2.24) is 14.5 Å². The number of halogens is 3. The molecule has 2 atom stereocenters. The average molecular weight is 513 g/mol. The van der Waals surface area contributed by atoms with Gasteiger partial charge in [0.15, 0.2) is 0 Å². The number of aromatic nitrogens is 2. The number of aryl methyl sites for hydroxylation is 1. The number of ether oxygens (including phenoxy) is 2. The first-order valence-electron chi connectivity index (χ1n) is 10.9. The van der Waals surface area contributed by atoms with Gasteiger partial charge < -0.3 is 34.9 Å². The van der Waals surface area contributed by atoms with Gasteiger partial charge in [0.25, 0.3) is 5.56 Å². The Morgan fingerprint density at radius 3 is 2.64 bits per heavy atom. The number of amides is 2. The van der Waals surface area contributed by atoms with Crippen LogP contribution in [0.25, 0.3) is 0 Å². The normalized spacial score (nSPS) is 18.0. The molecule has 0 radical (unpaired) electrons. The zero-order chi connectivity index (χ0) is 26.8. The van der Waals surface area contributed by atoms with Gasteiger partial charge in [0.1, 0.15) is 17.1 Å². The molecule has 1 saturated heterocycles. The Morgan fingerprint density at radius 2 is 2.03 bits per heavy atom. The molecular weight excluding hydrogens is 483 g/mol. The summed E-state index contributed by atoms with van der Waals surface area (Å²) in [5.41, 5.74) is 4.78. The molecule has 1 aliphatic rings. The van der Waals surface area contributed by atoms with Crippen molar-refractivity contribution in [3.05, 3.63) is 46.0 Å². The number of nitrogens with two attached hydrogens (primary N) is 2. The van der Waals surface area contributed by atoms with Gasteiger partial charge in [0, 0.05) is 40.5 Å². The second-order valence-corrected chi connectivity index (χ2v) is 8.37. The molecule has 1 aliphatic heterocycles. The van der Waals surface area contributed by atoms with Crippen molar-refractivity contribution in [3.63, 3.8) is 0 Å². The molecule has 0 spiro atoms. The Hall–Kier alpha value is -3.81. The van der Waals surface area contributed by atoms with E-state index in [0.29, 0.717) is 37.3 Å². The van der Waals surface area contributed by atoms with E-state index in [1.165, 1.54) is 33.2 Å². The van der Waals surface area contributed by atoms with Gasteiger partial charge in [0.05, 0.1) is 36.7 Å². The van der Waals surface area contributed by atoms with Crippen molar-refractivity contribution >= 4 is 29.1 Å². The first kappa shape index (κ1) is 26.8. The second kappa shape index (κ2) is 10.4. The van der Waals surface area contributed by atoms with E-state index < -0.39 is 41.2 Å². The van der Waals surface area contributed by atoms with E-state index in [9.17, 15) is 22.8 Å². The highest BCUT2D eigenvalue weighted by Gasteiger charge is 2.36. The third kappa shape index (κ3) is 5.53. The van der Waals surface area contributed by atoms with Crippen LogP contribution in [0.3, 0.4) is 0 Å². The highest BCUT2D eigenvalue weighted by Crippen LogP contribution is 2.30. The van der Waals surface area contributed by atoms with E-state index in [2.05, 4.69) is 10.3 Å². The molecule has 0 aliphatic carbocycles. The van der Waals surface area contributed by atoms with E-state index in [1.807, 2.05) is 4.90 Å². The molecule has 3 heterocycles. The Balaban J connectivity index is 1.76. The van der Waals surface area contributed by atoms with Crippen LogP contribution in [-0.4, -0.2) is 72.9 Å². The summed E-state index contributed by atoms with van der Waals surface area (Å²) in [7, 11) is 5.60. The van der Waals surface area contributed by atoms with Crippen molar-refractivity contribution in [3.8, 4) is 0 Å². The van der Waals surface area contributed by atoms with Crippen molar-refractivity contribution in [1.29, 1.82) is 0 Å². The lowest BCUT2D eigenvalue weighted by Gasteiger charge is -2.42. The molecule has 14 heteroatoms. The molecule has 36 heavy (non-hydrogen) atoms. The Labute approximate surface area is 205 Å². The quantitative estimate of drug-likeness (QED) is 0.386. The lowest BCUT2D eigenvalue weighted by atomic mass is 9.99. The number of carbonyl (C=O) groups is 1. The van der Waals surface area contributed by atoms with Gasteiger partial charge in [0.2, 0.25) is 0 Å². The number of hydrogen-bond donors (Lipinski definition) is 3. The summed E-state index contributed by atoms with van der Waals surface area (Å²) in [6.07, 6.45) is -2.40. The molecule has 0 aromatic carbocycles. The molecule has 0 saturated carbocycles. The van der Waals surface area contributed by atoms with Gasteiger partial charge in [-0.05, 0) is 18.6 Å². The summed E-state index contributed by atoms with van der Waals surface area (Å²) in [5, 5.41) is 8.16. The van der Waals surface area contributed by atoms with Crippen LogP contribution in [0, 0.1) is 0 Å². The van der Waals surface area contributed by atoms with Crippen LogP contribution in [0.2, 0.25) is 0 Å². The molecule has 11 nitrogen and oxygen atoms in total. The molecule has 0 bridgehead atoms. The maximum absolute atomic E-state index is 13.2. The summed E-state index contributed by atoms with van der Waals surface area (Å²) in [5.74, 6) is 0.339. The number of rotatable bonds is 5. The smallest absolute Gasteiger partial charge is 0.417 e. The second-order valence-electron chi connectivity index (χ2n) is 8.37. The standard InChI is InChI=1S/C22H28F3N7O4/c1-30-10-12(22(23,24)25)7-15(20(30)33)29-21(34)31(2)16-5-6-32(11-17(16)35-3)13-8-14(19(27)36-4)18(26)28-9-13/h7-10,16-17,27H,5-6,11H2,1-4H3,(H2,26,28)(H,29,34)/p+1/t16-,17+/m0/s1. The van der Waals surface area contributed by atoms with Crippen molar-refractivity contribution < 1.29 is 32.8 Å². The maximum atomic E-state index is 13.2. The Bertz CT molecular complexity index is 1200. The molecular formula is C22H29F3N7O4+. The fraction of sp³-hybridized carbons (Fsp3) is 0.455. The van der Waals surface area contributed by atoms with E-state index >= 15 is 0 Å². The van der Waals surface area contributed by atoms with Crippen molar-refractivity contribution in [2.75, 3.05) is 50.3 Å². The molecule has 2 amide bonds. The van der Waals surface area contributed by atoms with Crippen LogP contribution in [-0.2, 0) is 22.7 Å². The summed E-state index contributed by atoms with van der Waals surface area (Å²) in [6, 6.07) is 1.22. The number of urea groups is 1. The van der Waals surface area contributed by atoms with E-state index in [1.54, 1.807) is 12.3 Å². The summed E-state index contributed by atoms with van der Waals surface area (Å²) >= 11 is 0. The van der Waals surface area contributed by atoms with Gasteiger partial charge in [-0.15, -0.1) is 0 Å². The van der Waals surface area contributed by atoms with Gasteiger partial charge >= 0.3 is 18.1 Å². The zero-order valence-electron chi connectivity index (χ0n) is 20.3. The number of nitrogens with one attached hydrogen (secondary N) is 1. The minimum absolute atomic E-state index is 0.122. The fourth-order valence-electron chi connectivity index (χ4n) is 4.07. The first-order valence-corrected chi connectivity index (χ1v) is 10.9. The fourth-order valence-corrected chi connectivity index (χ4v) is 4.07. The number of nitrogens with zero attached hydrogens (tertiary/aromatic N) is 4. The Morgan fingerprint density at radius 1 is 1.33 bits per heavy atom. The zero-order valence-corrected chi connectivity index (χ0v) is 20.3. The van der Waals surface area contributed by atoms with Gasteiger partial charge in [-0.3, -0.25) is 4.79 Å². The van der Waals surface area contributed by atoms with Crippen molar-refractivity contribution in [2.24, 2.45) is 7.05 Å². The van der Waals surface area contributed by atoms with E-state index in [-0.39, 0.29) is 11.7 Å². The third-order valence-corrected chi connectivity index (χ3v) is 6.15. The van der Waals surface area contributed by atoms with Gasteiger partial charge in [-0.25, -0.2) is 15.2 Å². The minimum Gasteiger partial charge on any atom is -0.448 e. The predicted octanol–water partition coefficient (Wildman–Crippen LogP) is 0.291. The average Bonchev–Trinajstić information content (AvgIpc) is 2.84. The SMILES string of the molecule is COC(=[NH2+])c1cc(N2CC[C@H](N(C)C(=O)Nc3cc(C(F)(F)F)cn(C)c3=O)[C@H](OC)C2)cnc1N. The predicted molar refractivity (Wildman–Crippen MR) is 127 cm³/mol. The number of anilines is 3. The topological polar surface area (TPSA) is 141 Å². The van der Waals surface area contributed by atoms with Crippen LogP contribution in [0.5, 0.6) is 0 Å². The van der Waals surface area contributed by atoms with Gasteiger partial charge in [-0.2, -0.15) is 13.2 Å². The van der Waals surface area contributed by atoms with E-state index in [4.69, 9.17) is 20.6 Å². The summed E-state index contributed by atoms with van der Waals surface area (Å²) < 4.78 is 51.0. The van der Waals surface area contributed by atoms with Crippen LogP contribution >= 0.6 is 0 Å². The lowest BCUT2D eigenvalue weighted by molar-refractivity contribution is -0.138. The van der Waals surface area contributed by atoms with Crippen LogP contribution in [0.1, 0.15) is 17.5 Å². The minimum atomic E-state index is -4.67. The maximum Gasteiger partial charge on any atom is 0.417 e. The van der Waals surface area contributed by atoms with Crippen LogP contribution < -0.4 is 26.9 Å². The monoisotopic (exact) mass is 512 g/mol. The number of pyridine rings is 2. The lowest BCUT2D eigenvalue weighted by Crippen LogP contribution is -2.56. The number of methoxy groups -OCH3 is 2. The van der Waals surface area contributed by atoms with Gasteiger partial charge in [-0.1, -0.05) is 0 Å². The van der Waals surface area contributed by atoms with Crippen LogP contribution in [0.4, 0.5) is 35.2 Å². The molecule has 2 aromatic rings. The number of hydrogen-bond acceptors (Lipinski definition) is 7. The molecule has 196 valence electrons. The molecule has 3 rings (SSSR count). The molecule has 1 fully saturated rings. The first-order chi connectivity index (χ1) is 16.9. The molecule has 2 aromatic heterocycles. The number of likely N-dealkylation sites (N-methyl/N-ethyl adjacent to an activating group) is 1. The van der Waals surface area contributed by atoms with E-state index in [0.717, 1.165) is 10.3 Å². The summed E-state index contributed by atoms with van der Waals surface area (Å²) in [6.45, 7) is 0.882. The largest absolute Gasteiger partial charge is 0.448 e. The third-order valence-electron chi connectivity index (χ3n) is 6.15. The summed E-state index contributed by atoms with van der Waals surface area (Å²) in [4.78, 5) is 32.7. The Kier molecular flexibility index (Phi) is 7.77. The van der Waals surface area contributed by atoms with Crippen LogP contribution in [0.15, 0.2) is 29.3 Å². The number of piperidine rings is 1. The number of carbonyl (C=O) groups excluding carboxylic acids is 1. The number of nitrogen functional groups attached to an aromatic ring is 1. The van der Waals surface area contributed by atoms with Crippen molar-refractivity contribution in [2.45, 2.75) is 24.7 Å². The molecule has 0 unspecified atom stereocenters.